The Morgan fingerprint density at radius 1 is 0.508 bits per heavy atom. The molecule has 8 aromatic rings. The Bertz CT molecular complexity index is 2530. The number of rotatable bonds is 13. The molecule has 0 saturated carbocycles. The number of fused-ring (bicyclic) bond motifs is 2. The lowest BCUT2D eigenvalue weighted by Gasteiger charge is -2.26. The van der Waals surface area contributed by atoms with Crippen LogP contribution in [0, 0.1) is 0 Å². The number of nitrogens with zero attached hydrogens (tertiary/aromatic N) is 3. The number of benzene rings is 7. The summed E-state index contributed by atoms with van der Waals surface area (Å²) in [6.45, 7) is 6.89. The van der Waals surface area contributed by atoms with Gasteiger partial charge in [-0.3, -0.25) is 0 Å². The number of unbranched alkanes of at least 4 members (excludes halogenated alkanes) is 1. The van der Waals surface area contributed by atoms with Crippen molar-refractivity contribution in [1.82, 2.24) is 9.97 Å². The van der Waals surface area contributed by atoms with Crippen LogP contribution < -0.4 is 20.2 Å². The molecule has 9 rings (SSSR count). The number of hydrogen-bond donors (Lipinski definition) is 1. The van der Waals surface area contributed by atoms with E-state index < -0.39 is 0 Å². The fourth-order valence-electron chi connectivity index (χ4n) is 8.58. The van der Waals surface area contributed by atoms with Crippen LogP contribution >= 0.6 is 11.8 Å². The van der Waals surface area contributed by atoms with Gasteiger partial charge in [0.05, 0.1) is 11.0 Å². The Labute approximate surface area is 352 Å². The number of hydrogen-bond acceptors (Lipinski definition) is 4. The molecule has 1 aliphatic heterocycles. The highest BCUT2D eigenvalue weighted by molar-refractivity contribution is 8.08. The van der Waals surface area contributed by atoms with Crippen LogP contribution in [-0.4, -0.2) is 15.7 Å². The van der Waals surface area contributed by atoms with Crippen LogP contribution in [0.2, 0.25) is 0 Å². The van der Waals surface area contributed by atoms with Crippen LogP contribution in [0.4, 0.5) is 34.1 Å². The average molecular weight is 787 g/mol. The third-order valence-electron chi connectivity index (χ3n) is 11.4. The summed E-state index contributed by atoms with van der Waals surface area (Å²) in [6.07, 6.45) is 5.08. The molecule has 0 amide bonds. The molecule has 0 saturated heterocycles. The molecule has 1 aliphatic rings. The normalized spacial score (nSPS) is 12.5. The van der Waals surface area contributed by atoms with Gasteiger partial charge in [0.25, 0.3) is 0 Å². The van der Waals surface area contributed by atoms with Gasteiger partial charge in [0.1, 0.15) is 5.82 Å². The van der Waals surface area contributed by atoms with Crippen LogP contribution in [0.15, 0.2) is 170 Å². The van der Waals surface area contributed by atoms with E-state index in [0.717, 1.165) is 88.8 Å². The van der Waals surface area contributed by atoms with E-state index in [1.54, 1.807) is 0 Å². The van der Waals surface area contributed by atoms with Crippen molar-refractivity contribution in [2.24, 2.45) is 0 Å². The van der Waals surface area contributed by atoms with Gasteiger partial charge in [-0.25, -0.2) is 4.98 Å². The first-order valence-electron chi connectivity index (χ1n) is 21.1. The van der Waals surface area contributed by atoms with E-state index in [2.05, 4.69) is 205 Å². The van der Waals surface area contributed by atoms with Crippen LogP contribution in [0.1, 0.15) is 52.3 Å². The highest BCUT2D eigenvalue weighted by Gasteiger charge is 2.25. The SMILES string of the molecule is CCCCc1nc2c(-c3ccc(N(c4ccccc4)c4ccccc4)cc3)c3c(c(-c4ccc(N(c5ccccc5)c5ccccc5)cc4)c2[nH]1)=C(CC)CSC=3CC. The number of thioether (sulfide) groups is 1. The van der Waals surface area contributed by atoms with Gasteiger partial charge >= 0.3 is 0 Å². The Morgan fingerprint density at radius 3 is 1.37 bits per heavy atom. The Morgan fingerprint density at radius 2 is 0.949 bits per heavy atom. The third-order valence-corrected chi connectivity index (χ3v) is 12.8. The van der Waals surface area contributed by atoms with E-state index >= 15 is 0 Å². The standard InChI is InChI=1S/C54H50N4S/c1-4-7-28-48-55-53-50(39-29-33-45(34-30-39)57(41-20-12-8-13-21-41)42-22-14-9-15-23-42)49-38(5-2)37-59-47(6-3)52(49)51(54(53)56-48)40-31-35-46(36-32-40)58(43-24-16-10-17-25-43)44-26-18-11-19-27-44/h8-27,29-36H,4-7,28,37H2,1-3H3,(H,55,56). The summed E-state index contributed by atoms with van der Waals surface area (Å²) in [7, 11) is 0. The van der Waals surface area contributed by atoms with Gasteiger partial charge in [0.2, 0.25) is 0 Å². The molecule has 0 unspecified atom stereocenters. The molecule has 1 aromatic heterocycles. The zero-order chi connectivity index (χ0) is 40.1. The molecule has 1 N–H and O–H groups in total. The molecule has 0 fully saturated rings. The van der Waals surface area contributed by atoms with E-state index in [4.69, 9.17) is 4.98 Å². The molecule has 0 radical (unpaired) electrons. The second kappa shape index (κ2) is 17.3. The zero-order valence-corrected chi connectivity index (χ0v) is 35.0. The molecule has 0 atom stereocenters. The summed E-state index contributed by atoms with van der Waals surface area (Å²) in [5.41, 5.74) is 15.3. The Balaban J connectivity index is 1.26. The van der Waals surface area contributed by atoms with E-state index in [1.165, 1.54) is 43.2 Å². The van der Waals surface area contributed by atoms with Crippen molar-refractivity contribution in [3.8, 4) is 22.3 Å². The van der Waals surface area contributed by atoms with Crippen LogP contribution in [0.3, 0.4) is 0 Å². The predicted molar refractivity (Wildman–Crippen MR) is 254 cm³/mol. The van der Waals surface area contributed by atoms with Crippen LogP contribution in [-0.2, 0) is 6.42 Å². The van der Waals surface area contributed by atoms with Crippen molar-refractivity contribution in [3.63, 3.8) is 0 Å². The van der Waals surface area contributed by atoms with E-state index in [-0.39, 0.29) is 0 Å². The summed E-state index contributed by atoms with van der Waals surface area (Å²) in [5.74, 6) is 2.06. The van der Waals surface area contributed by atoms with E-state index in [0.29, 0.717) is 0 Å². The number of aryl methyl sites for hydroxylation is 1. The van der Waals surface area contributed by atoms with E-state index in [1.807, 2.05) is 11.8 Å². The fraction of sp³-hybridized carbons (Fsp3) is 0.167. The monoisotopic (exact) mass is 786 g/mol. The smallest absolute Gasteiger partial charge is 0.107 e. The van der Waals surface area contributed by atoms with Crippen molar-refractivity contribution in [2.45, 2.75) is 52.9 Å². The van der Waals surface area contributed by atoms with Gasteiger partial charge in [-0.05, 0) is 113 Å². The first kappa shape index (κ1) is 38.2. The molecule has 0 aliphatic carbocycles. The fourth-order valence-corrected chi connectivity index (χ4v) is 9.83. The zero-order valence-electron chi connectivity index (χ0n) is 34.2. The highest BCUT2D eigenvalue weighted by atomic mass is 32.2. The van der Waals surface area contributed by atoms with E-state index in [9.17, 15) is 0 Å². The molecular weight excluding hydrogens is 737 g/mol. The molecule has 7 aromatic carbocycles. The molecule has 292 valence electrons. The van der Waals surface area contributed by atoms with Crippen molar-refractivity contribution in [2.75, 3.05) is 15.6 Å². The summed E-state index contributed by atoms with van der Waals surface area (Å²) in [6, 6.07) is 61.0. The van der Waals surface area contributed by atoms with Crippen molar-refractivity contribution >= 4 is 67.4 Å². The quantitative estimate of drug-likeness (QED) is 0.126. The van der Waals surface area contributed by atoms with Crippen molar-refractivity contribution in [1.29, 1.82) is 0 Å². The average Bonchev–Trinajstić information content (AvgIpc) is 3.73. The minimum atomic E-state index is 0.919. The number of nitrogens with one attached hydrogen (secondary N) is 1. The van der Waals surface area contributed by atoms with Crippen molar-refractivity contribution < 1.29 is 0 Å². The number of anilines is 6. The number of imidazole rings is 1. The molecule has 5 heteroatoms. The van der Waals surface area contributed by atoms with Gasteiger partial charge in [0.15, 0.2) is 0 Å². The molecule has 0 spiro atoms. The Hall–Kier alpha value is -6.30. The number of para-hydroxylation sites is 4. The maximum absolute atomic E-state index is 5.51. The molecular formula is C54H50N4S. The Kier molecular flexibility index (Phi) is 11.2. The summed E-state index contributed by atoms with van der Waals surface area (Å²) >= 11 is 2.01. The van der Waals surface area contributed by atoms with Gasteiger partial charge in [-0.2, -0.15) is 0 Å². The summed E-state index contributed by atoms with van der Waals surface area (Å²) in [5, 5.41) is 2.73. The number of aromatic nitrogens is 2. The maximum Gasteiger partial charge on any atom is 0.107 e. The third kappa shape index (κ3) is 7.48. The number of aromatic amines is 1. The lowest BCUT2D eigenvalue weighted by Crippen LogP contribution is -2.36. The second-order valence-electron chi connectivity index (χ2n) is 15.1. The molecule has 59 heavy (non-hydrogen) atoms. The second-order valence-corrected chi connectivity index (χ2v) is 16.2. The van der Waals surface area contributed by atoms with Gasteiger partial charge < -0.3 is 14.8 Å². The number of H-pyrrole nitrogens is 1. The van der Waals surface area contributed by atoms with Crippen molar-refractivity contribution in [3.05, 3.63) is 186 Å². The molecule has 0 bridgehead atoms. The maximum atomic E-state index is 5.51. The largest absolute Gasteiger partial charge is 0.341 e. The summed E-state index contributed by atoms with van der Waals surface area (Å²) < 4.78 is 0. The van der Waals surface area contributed by atoms with Gasteiger partial charge in [-0.1, -0.05) is 130 Å². The van der Waals surface area contributed by atoms with Crippen LogP contribution in [0.25, 0.3) is 43.8 Å². The lowest BCUT2D eigenvalue weighted by molar-refractivity contribution is 0.765. The minimum Gasteiger partial charge on any atom is -0.341 e. The minimum absolute atomic E-state index is 0.919. The highest BCUT2D eigenvalue weighted by Crippen LogP contribution is 2.40. The molecule has 4 nitrogen and oxygen atoms in total. The first-order valence-corrected chi connectivity index (χ1v) is 22.1. The molecule has 2 heterocycles. The predicted octanol–water partition coefficient (Wildman–Crippen LogP) is 14.0. The van der Waals surface area contributed by atoms with Gasteiger partial charge in [0, 0.05) is 62.6 Å². The van der Waals surface area contributed by atoms with Crippen LogP contribution in [0.5, 0.6) is 0 Å². The first-order chi connectivity index (χ1) is 29.2. The topological polar surface area (TPSA) is 35.2 Å². The van der Waals surface area contributed by atoms with Gasteiger partial charge in [-0.15, -0.1) is 11.8 Å². The lowest BCUT2D eigenvalue weighted by atomic mass is 9.90. The summed E-state index contributed by atoms with van der Waals surface area (Å²) in [4.78, 5) is 15.5.